The highest BCUT2D eigenvalue weighted by Crippen LogP contribution is 2.28. The van der Waals surface area contributed by atoms with E-state index in [4.69, 9.17) is 17.3 Å². The fourth-order valence-corrected chi connectivity index (χ4v) is 2.09. The normalized spacial score (nSPS) is 10.6. The lowest BCUT2D eigenvalue weighted by atomic mass is 10.1. The molecule has 1 heterocycles. The Labute approximate surface area is 115 Å². The largest absolute Gasteiger partial charge is 0.398 e. The lowest BCUT2D eigenvalue weighted by Gasteiger charge is -2.08. The molecule has 0 saturated heterocycles. The molecular formula is C14H11ClN4. The Morgan fingerprint density at radius 1 is 1.05 bits per heavy atom. The summed E-state index contributed by atoms with van der Waals surface area (Å²) in [5.74, 6) is 0.672. The van der Waals surface area contributed by atoms with E-state index in [1.54, 1.807) is 24.5 Å². The third-order valence-electron chi connectivity index (χ3n) is 2.84. The molecule has 1 aromatic heterocycles. The standard InChI is InChI=1S/C14H11ClN4/c15-10-6-7-13(16)12(8-10)14-18-17-9-19(14)11-4-2-1-3-5-11/h1-9H,16H2. The van der Waals surface area contributed by atoms with Crippen molar-refractivity contribution in [3.05, 3.63) is 59.9 Å². The van der Waals surface area contributed by atoms with Crippen molar-refractivity contribution < 1.29 is 0 Å². The highest BCUT2D eigenvalue weighted by molar-refractivity contribution is 6.31. The van der Waals surface area contributed by atoms with E-state index in [-0.39, 0.29) is 0 Å². The van der Waals surface area contributed by atoms with Gasteiger partial charge in [-0.15, -0.1) is 10.2 Å². The quantitative estimate of drug-likeness (QED) is 0.728. The summed E-state index contributed by atoms with van der Waals surface area (Å²) >= 11 is 6.02. The number of nitrogens with zero attached hydrogens (tertiary/aromatic N) is 3. The lowest BCUT2D eigenvalue weighted by molar-refractivity contribution is 1.06. The molecule has 19 heavy (non-hydrogen) atoms. The Morgan fingerprint density at radius 3 is 2.63 bits per heavy atom. The molecule has 0 amide bonds. The first-order valence-electron chi connectivity index (χ1n) is 5.76. The lowest BCUT2D eigenvalue weighted by Crippen LogP contribution is -1.98. The monoisotopic (exact) mass is 270 g/mol. The van der Waals surface area contributed by atoms with Gasteiger partial charge in [-0.05, 0) is 30.3 Å². The number of halogens is 1. The summed E-state index contributed by atoms with van der Waals surface area (Å²) in [5, 5.41) is 8.72. The smallest absolute Gasteiger partial charge is 0.170 e. The molecule has 0 radical (unpaired) electrons. The minimum atomic E-state index is 0.617. The molecule has 2 aromatic carbocycles. The maximum Gasteiger partial charge on any atom is 0.170 e. The second kappa shape index (κ2) is 4.74. The van der Waals surface area contributed by atoms with Gasteiger partial charge in [0, 0.05) is 22.0 Å². The van der Waals surface area contributed by atoms with Crippen molar-refractivity contribution in [2.75, 3.05) is 5.73 Å². The van der Waals surface area contributed by atoms with Crippen LogP contribution in [0.1, 0.15) is 0 Å². The van der Waals surface area contributed by atoms with Crippen molar-refractivity contribution in [1.29, 1.82) is 0 Å². The summed E-state index contributed by atoms with van der Waals surface area (Å²) in [6, 6.07) is 15.1. The molecule has 0 spiro atoms. The van der Waals surface area contributed by atoms with E-state index in [0.29, 0.717) is 16.5 Å². The fraction of sp³-hybridized carbons (Fsp3) is 0. The van der Waals surface area contributed by atoms with Crippen LogP contribution in [0, 0.1) is 0 Å². The molecule has 0 saturated carbocycles. The summed E-state index contributed by atoms with van der Waals surface area (Å²) in [7, 11) is 0. The third-order valence-corrected chi connectivity index (χ3v) is 3.07. The van der Waals surface area contributed by atoms with Gasteiger partial charge in [-0.3, -0.25) is 4.57 Å². The Balaban J connectivity index is 2.18. The van der Waals surface area contributed by atoms with Crippen LogP contribution in [-0.2, 0) is 0 Å². The molecule has 0 unspecified atom stereocenters. The summed E-state index contributed by atoms with van der Waals surface area (Å²) < 4.78 is 1.88. The molecule has 3 aromatic rings. The Kier molecular flexibility index (Phi) is 2.93. The van der Waals surface area contributed by atoms with Crippen LogP contribution in [-0.4, -0.2) is 14.8 Å². The van der Waals surface area contributed by atoms with E-state index in [0.717, 1.165) is 11.3 Å². The summed E-state index contributed by atoms with van der Waals surface area (Å²) in [6.07, 6.45) is 1.66. The van der Waals surface area contributed by atoms with Crippen LogP contribution in [0.3, 0.4) is 0 Å². The van der Waals surface area contributed by atoms with Gasteiger partial charge in [-0.2, -0.15) is 0 Å². The Hall–Kier alpha value is -2.33. The van der Waals surface area contributed by atoms with Gasteiger partial charge in [0.25, 0.3) is 0 Å². The van der Waals surface area contributed by atoms with Crippen LogP contribution in [0.2, 0.25) is 5.02 Å². The van der Waals surface area contributed by atoms with Crippen molar-refractivity contribution in [3.63, 3.8) is 0 Å². The van der Waals surface area contributed by atoms with E-state index >= 15 is 0 Å². The number of hydrogen-bond donors (Lipinski definition) is 1. The molecule has 0 atom stereocenters. The topological polar surface area (TPSA) is 56.7 Å². The zero-order valence-electron chi connectivity index (χ0n) is 9.99. The molecular weight excluding hydrogens is 260 g/mol. The molecule has 0 fully saturated rings. The predicted molar refractivity (Wildman–Crippen MR) is 76.2 cm³/mol. The number of nitrogen functional groups attached to an aromatic ring is 1. The fourth-order valence-electron chi connectivity index (χ4n) is 1.92. The second-order valence-corrected chi connectivity index (χ2v) is 4.53. The molecule has 0 aliphatic rings. The number of para-hydroxylation sites is 1. The molecule has 0 bridgehead atoms. The number of aromatic nitrogens is 3. The predicted octanol–water partition coefficient (Wildman–Crippen LogP) is 3.17. The SMILES string of the molecule is Nc1ccc(Cl)cc1-c1nncn1-c1ccccc1. The van der Waals surface area contributed by atoms with Crippen molar-refractivity contribution in [1.82, 2.24) is 14.8 Å². The van der Waals surface area contributed by atoms with E-state index in [1.165, 1.54) is 0 Å². The van der Waals surface area contributed by atoms with Crippen LogP contribution in [0.25, 0.3) is 17.1 Å². The van der Waals surface area contributed by atoms with Crippen LogP contribution >= 0.6 is 11.6 Å². The van der Waals surface area contributed by atoms with E-state index in [2.05, 4.69) is 10.2 Å². The van der Waals surface area contributed by atoms with Crippen molar-refractivity contribution in [2.24, 2.45) is 0 Å². The minimum absolute atomic E-state index is 0.617. The molecule has 94 valence electrons. The molecule has 0 aliphatic carbocycles. The molecule has 3 rings (SSSR count). The van der Waals surface area contributed by atoms with E-state index < -0.39 is 0 Å². The van der Waals surface area contributed by atoms with E-state index in [9.17, 15) is 0 Å². The maximum absolute atomic E-state index is 6.02. The zero-order valence-corrected chi connectivity index (χ0v) is 10.7. The van der Waals surface area contributed by atoms with Gasteiger partial charge in [-0.1, -0.05) is 29.8 Å². The molecule has 0 aliphatic heterocycles. The summed E-state index contributed by atoms with van der Waals surface area (Å²) in [4.78, 5) is 0. The summed E-state index contributed by atoms with van der Waals surface area (Å²) in [6.45, 7) is 0. The average Bonchev–Trinajstić information content (AvgIpc) is 2.91. The van der Waals surface area contributed by atoms with Gasteiger partial charge in [-0.25, -0.2) is 0 Å². The average molecular weight is 271 g/mol. The van der Waals surface area contributed by atoms with Crippen LogP contribution < -0.4 is 5.73 Å². The molecule has 5 heteroatoms. The number of hydrogen-bond acceptors (Lipinski definition) is 3. The van der Waals surface area contributed by atoms with Gasteiger partial charge in [0.15, 0.2) is 5.82 Å². The van der Waals surface area contributed by atoms with Crippen molar-refractivity contribution >= 4 is 17.3 Å². The van der Waals surface area contributed by atoms with Gasteiger partial charge in [0.2, 0.25) is 0 Å². The first-order chi connectivity index (χ1) is 9.25. The van der Waals surface area contributed by atoms with Gasteiger partial charge in [0.1, 0.15) is 6.33 Å². The maximum atomic E-state index is 6.02. The van der Waals surface area contributed by atoms with Gasteiger partial charge < -0.3 is 5.73 Å². The number of rotatable bonds is 2. The van der Waals surface area contributed by atoms with Crippen molar-refractivity contribution in [2.45, 2.75) is 0 Å². The third kappa shape index (κ3) is 2.18. The number of anilines is 1. The molecule has 2 N–H and O–H groups in total. The molecule has 4 nitrogen and oxygen atoms in total. The summed E-state index contributed by atoms with van der Waals surface area (Å²) in [5.41, 5.74) is 8.35. The second-order valence-electron chi connectivity index (χ2n) is 4.09. The minimum Gasteiger partial charge on any atom is -0.398 e. The zero-order chi connectivity index (χ0) is 13.2. The van der Waals surface area contributed by atoms with Crippen LogP contribution in [0.5, 0.6) is 0 Å². The van der Waals surface area contributed by atoms with Gasteiger partial charge in [0.05, 0.1) is 0 Å². The first kappa shape index (κ1) is 11.7. The van der Waals surface area contributed by atoms with Gasteiger partial charge >= 0.3 is 0 Å². The Bertz CT molecular complexity index is 706. The van der Waals surface area contributed by atoms with Crippen LogP contribution in [0.15, 0.2) is 54.9 Å². The Morgan fingerprint density at radius 2 is 1.84 bits per heavy atom. The number of benzene rings is 2. The first-order valence-corrected chi connectivity index (χ1v) is 6.14. The van der Waals surface area contributed by atoms with Crippen molar-refractivity contribution in [3.8, 4) is 17.1 Å². The van der Waals surface area contributed by atoms with E-state index in [1.807, 2.05) is 34.9 Å². The van der Waals surface area contributed by atoms with Crippen LogP contribution in [0.4, 0.5) is 5.69 Å². The highest BCUT2D eigenvalue weighted by atomic mass is 35.5. The number of nitrogens with two attached hydrogens (primary N) is 1. The highest BCUT2D eigenvalue weighted by Gasteiger charge is 2.12.